The Hall–Kier alpha value is -3.68. The zero-order chi connectivity index (χ0) is 25.9. The van der Waals surface area contributed by atoms with Crippen molar-refractivity contribution in [3.8, 4) is 0 Å². The molecule has 0 spiro atoms. The molecule has 1 N–H and O–H groups in total. The maximum atomic E-state index is 13.8. The lowest BCUT2D eigenvalue weighted by molar-refractivity contribution is -0.153. The molecule has 3 aromatic rings. The monoisotopic (exact) mass is 509 g/mol. The summed E-state index contributed by atoms with van der Waals surface area (Å²) in [5.41, 5.74) is -0.155. The van der Waals surface area contributed by atoms with E-state index in [1.807, 2.05) is 18.7 Å². The summed E-state index contributed by atoms with van der Waals surface area (Å²) in [6.45, 7) is 4.57. The van der Waals surface area contributed by atoms with E-state index in [0.717, 1.165) is 4.90 Å². The highest BCUT2D eigenvalue weighted by Gasteiger charge is 2.47. The first-order valence-corrected chi connectivity index (χ1v) is 11.3. The van der Waals surface area contributed by atoms with Gasteiger partial charge >= 0.3 is 6.18 Å². The SMILES string of the molecule is C[C@@H]1COC[C@@H](C)N1c1cc(=O)n2c(n1)N(Cc1ccon1)[C@H](C(F)(F)F)CC2.O=c1ccnc[nH]1. The Kier molecular flexibility index (Phi) is 7.43. The number of nitrogens with zero attached hydrogens (tertiary/aromatic N) is 6. The van der Waals surface area contributed by atoms with Crippen LogP contribution in [0.2, 0.25) is 0 Å². The first kappa shape index (κ1) is 25.4. The zero-order valence-electron chi connectivity index (χ0n) is 19.7. The quantitative estimate of drug-likeness (QED) is 0.565. The molecule has 0 radical (unpaired) electrons. The van der Waals surface area contributed by atoms with E-state index in [0.29, 0.717) is 24.7 Å². The van der Waals surface area contributed by atoms with Crippen LogP contribution in [0.3, 0.4) is 0 Å². The van der Waals surface area contributed by atoms with Gasteiger partial charge in [0, 0.05) is 30.9 Å². The van der Waals surface area contributed by atoms with E-state index >= 15 is 0 Å². The number of hydrogen-bond donors (Lipinski definition) is 1. The molecule has 5 heterocycles. The maximum Gasteiger partial charge on any atom is 0.408 e. The summed E-state index contributed by atoms with van der Waals surface area (Å²) >= 11 is 0. The van der Waals surface area contributed by atoms with Crippen molar-refractivity contribution in [3.05, 3.63) is 63.4 Å². The lowest BCUT2D eigenvalue weighted by Crippen LogP contribution is -2.53. The van der Waals surface area contributed by atoms with Gasteiger partial charge in [0.05, 0.1) is 38.2 Å². The molecule has 11 nitrogen and oxygen atoms in total. The Labute approximate surface area is 203 Å². The van der Waals surface area contributed by atoms with E-state index in [1.165, 1.54) is 41.6 Å². The highest BCUT2D eigenvalue weighted by molar-refractivity contribution is 5.48. The first-order chi connectivity index (χ1) is 17.1. The lowest BCUT2D eigenvalue weighted by atomic mass is 10.1. The molecule has 0 amide bonds. The number of anilines is 2. The number of aromatic nitrogens is 5. The van der Waals surface area contributed by atoms with E-state index in [-0.39, 0.29) is 48.7 Å². The predicted molar refractivity (Wildman–Crippen MR) is 123 cm³/mol. The predicted octanol–water partition coefficient (Wildman–Crippen LogP) is 1.96. The summed E-state index contributed by atoms with van der Waals surface area (Å²) in [7, 11) is 0. The summed E-state index contributed by atoms with van der Waals surface area (Å²) in [5.74, 6) is 0.354. The van der Waals surface area contributed by atoms with Gasteiger partial charge in [-0.15, -0.1) is 0 Å². The van der Waals surface area contributed by atoms with Gasteiger partial charge < -0.3 is 24.0 Å². The Morgan fingerprint density at radius 3 is 2.47 bits per heavy atom. The van der Waals surface area contributed by atoms with Crippen LogP contribution < -0.4 is 20.9 Å². The standard InChI is InChI=1S/C18H22F3N5O3.C4H4N2O/c1-11-9-28-10-12(2)26(11)15-7-16(27)24-5-3-14(18(19,20)21)25(17(24)22-15)8-13-4-6-29-23-13;7-4-1-2-5-3-6-4/h4,6-7,11-12,14H,3,5,8-10H2,1-2H3;1-3H,(H,5,6,7)/t11-,12-,14+;/m1./s1. The van der Waals surface area contributed by atoms with Crippen LogP contribution in [0.1, 0.15) is 26.0 Å². The average Bonchev–Trinajstić information content (AvgIpc) is 3.33. The van der Waals surface area contributed by atoms with Crippen LogP contribution in [0.15, 0.2) is 51.1 Å². The Morgan fingerprint density at radius 1 is 1.17 bits per heavy atom. The topological polar surface area (TPSA) is 122 Å². The van der Waals surface area contributed by atoms with Crippen molar-refractivity contribution in [3.63, 3.8) is 0 Å². The van der Waals surface area contributed by atoms with Crippen LogP contribution in [-0.2, 0) is 17.8 Å². The second-order valence-electron chi connectivity index (χ2n) is 8.61. The minimum Gasteiger partial charge on any atom is -0.377 e. The molecule has 3 aromatic heterocycles. The van der Waals surface area contributed by atoms with Crippen molar-refractivity contribution in [2.24, 2.45) is 0 Å². The highest BCUT2D eigenvalue weighted by Crippen LogP contribution is 2.35. The normalized spacial score (nSPS) is 22.0. The summed E-state index contributed by atoms with van der Waals surface area (Å²) in [4.78, 5) is 36.4. The zero-order valence-corrected chi connectivity index (χ0v) is 19.7. The van der Waals surface area contributed by atoms with Gasteiger partial charge in [-0.25, -0.2) is 4.98 Å². The third kappa shape index (κ3) is 5.58. The molecule has 1 fully saturated rings. The highest BCUT2D eigenvalue weighted by atomic mass is 19.4. The molecule has 2 aliphatic rings. The number of ether oxygens (including phenoxy) is 1. The van der Waals surface area contributed by atoms with Crippen molar-refractivity contribution in [2.45, 2.75) is 57.7 Å². The Bertz CT molecular complexity index is 1230. The van der Waals surface area contributed by atoms with Gasteiger partial charge in [-0.1, -0.05) is 5.16 Å². The van der Waals surface area contributed by atoms with Gasteiger partial charge in [0.1, 0.15) is 23.8 Å². The van der Waals surface area contributed by atoms with E-state index in [4.69, 9.17) is 9.26 Å². The van der Waals surface area contributed by atoms with Gasteiger partial charge in [-0.3, -0.25) is 14.2 Å². The molecule has 0 saturated carbocycles. The lowest BCUT2D eigenvalue weighted by Gasteiger charge is -2.42. The summed E-state index contributed by atoms with van der Waals surface area (Å²) in [6.07, 6.45) is -0.612. The molecule has 2 aliphatic heterocycles. The van der Waals surface area contributed by atoms with Gasteiger partial charge in [0.2, 0.25) is 5.95 Å². The van der Waals surface area contributed by atoms with Gasteiger partial charge in [-0.2, -0.15) is 18.2 Å². The average molecular weight is 509 g/mol. The number of morpholine rings is 1. The molecule has 14 heteroatoms. The van der Waals surface area contributed by atoms with Crippen LogP contribution in [0, 0.1) is 0 Å². The third-order valence-corrected chi connectivity index (χ3v) is 5.96. The second-order valence-corrected chi connectivity index (χ2v) is 8.61. The van der Waals surface area contributed by atoms with Gasteiger partial charge in [0.25, 0.3) is 11.1 Å². The number of halogens is 3. The number of rotatable bonds is 3. The molecule has 0 aliphatic carbocycles. The van der Waals surface area contributed by atoms with Gasteiger partial charge in [-0.05, 0) is 20.3 Å². The first-order valence-electron chi connectivity index (χ1n) is 11.3. The molecule has 5 rings (SSSR count). The largest absolute Gasteiger partial charge is 0.408 e. The third-order valence-electron chi connectivity index (χ3n) is 5.96. The molecule has 36 heavy (non-hydrogen) atoms. The fraction of sp³-hybridized carbons (Fsp3) is 0.500. The number of hydrogen-bond acceptors (Lipinski definition) is 9. The fourth-order valence-corrected chi connectivity index (χ4v) is 4.36. The van der Waals surface area contributed by atoms with Gasteiger partial charge in [0.15, 0.2) is 0 Å². The Morgan fingerprint density at radius 2 is 1.92 bits per heavy atom. The number of alkyl halides is 3. The molecular weight excluding hydrogens is 483 g/mol. The maximum absolute atomic E-state index is 13.8. The van der Waals surface area contributed by atoms with Crippen molar-refractivity contribution in [1.82, 2.24) is 24.7 Å². The van der Waals surface area contributed by atoms with Crippen LogP contribution >= 0.6 is 0 Å². The van der Waals surface area contributed by atoms with E-state index in [9.17, 15) is 22.8 Å². The van der Waals surface area contributed by atoms with Crippen LogP contribution in [0.25, 0.3) is 0 Å². The molecule has 1 saturated heterocycles. The smallest absolute Gasteiger partial charge is 0.377 e. The molecule has 0 unspecified atom stereocenters. The molecule has 3 atom stereocenters. The van der Waals surface area contributed by atoms with E-state index < -0.39 is 12.2 Å². The van der Waals surface area contributed by atoms with Crippen molar-refractivity contribution < 1.29 is 22.4 Å². The fourth-order valence-electron chi connectivity index (χ4n) is 4.36. The van der Waals surface area contributed by atoms with Crippen LogP contribution in [0.4, 0.5) is 24.9 Å². The van der Waals surface area contributed by atoms with Crippen molar-refractivity contribution in [1.29, 1.82) is 0 Å². The number of nitrogens with one attached hydrogen (secondary N) is 1. The summed E-state index contributed by atoms with van der Waals surface area (Å²) < 4.78 is 52.9. The number of fused-ring (bicyclic) bond motifs is 1. The number of aromatic amines is 1. The van der Waals surface area contributed by atoms with Crippen molar-refractivity contribution >= 4 is 11.8 Å². The molecule has 0 bridgehead atoms. The van der Waals surface area contributed by atoms with Crippen molar-refractivity contribution in [2.75, 3.05) is 23.0 Å². The Balaban J connectivity index is 0.000000375. The minimum atomic E-state index is -4.47. The second kappa shape index (κ2) is 10.5. The van der Waals surface area contributed by atoms with Crippen LogP contribution in [-0.4, -0.2) is 62.2 Å². The van der Waals surface area contributed by atoms with E-state index in [2.05, 4.69) is 20.1 Å². The summed E-state index contributed by atoms with van der Waals surface area (Å²) in [6, 6.07) is 2.38. The molecular formula is C22H26F3N7O4. The summed E-state index contributed by atoms with van der Waals surface area (Å²) in [5, 5.41) is 3.73. The van der Waals surface area contributed by atoms with E-state index in [1.54, 1.807) is 0 Å². The number of H-pyrrole nitrogens is 1. The van der Waals surface area contributed by atoms with Crippen LogP contribution in [0.5, 0.6) is 0 Å². The molecule has 194 valence electrons. The minimum absolute atomic E-state index is 0.00466. The molecule has 0 aromatic carbocycles.